The third-order valence-corrected chi connectivity index (χ3v) is 4.44. The van der Waals surface area contributed by atoms with Crippen LogP contribution in [-0.2, 0) is 16.6 Å². The van der Waals surface area contributed by atoms with Gasteiger partial charge in [-0.05, 0) is 36.8 Å². The van der Waals surface area contributed by atoms with E-state index in [-0.39, 0.29) is 16.8 Å². The van der Waals surface area contributed by atoms with Crippen LogP contribution in [0.2, 0.25) is 0 Å². The number of sulfonamides is 1. The number of halogens is 1. The Morgan fingerprint density at radius 1 is 1.19 bits per heavy atom. The third kappa shape index (κ3) is 4.43. The van der Waals surface area contributed by atoms with Crippen LogP contribution >= 0.6 is 0 Å². The SMILES string of the molecule is CCCn1cc(-n2ccc(-c3ccc(NS(C)(=O)=O)cc3F)n2)ccc1=O. The molecule has 1 aromatic carbocycles. The minimum Gasteiger partial charge on any atom is -0.313 e. The minimum atomic E-state index is -3.48. The number of anilines is 1. The molecule has 0 saturated carbocycles. The second-order valence-electron chi connectivity index (χ2n) is 6.13. The zero-order valence-corrected chi connectivity index (χ0v) is 15.7. The average Bonchev–Trinajstić information content (AvgIpc) is 3.05. The summed E-state index contributed by atoms with van der Waals surface area (Å²) >= 11 is 0. The van der Waals surface area contributed by atoms with Crippen molar-refractivity contribution in [3.8, 4) is 16.9 Å². The topological polar surface area (TPSA) is 86.0 Å². The molecule has 0 aliphatic heterocycles. The van der Waals surface area contributed by atoms with E-state index in [1.54, 1.807) is 33.8 Å². The van der Waals surface area contributed by atoms with Gasteiger partial charge in [-0.25, -0.2) is 17.5 Å². The molecular weight excluding hydrogens is 371 g/mol. The van der Waals surface area contributed by atoms with E-state index < -0.39 is 15.8 Å². The summed E-state index contributed by atoms with van der Waals surface area (Å²) in [5.41, 5.74) is 1.38. The van der Waals surface area contributed by atoms with Crippen molar-refractivity contribution in [1.82, 2.24) is 14.3 Å². The van der Waals surface area contributed by atoms with Gasteiger partial charge in [-0.3, -0.25) is 9.52 Å². The molecule has 0 saturated heterocycles. The van der Waals surface area contributed by atoms with Crippen molar-refractivity contribution in [2.24, 2.45) is 0 Å². The fraction of sp³-hybridized carbons (Fsp3) is 0.222. The summed E-state index contributed by atoms with van der Waals surface area (Å²) in [5.74, 6) is -0.593. The van der Waals surface area contributed by atoms with E-state index in [2.05, 4.69) is 9.82 Å². The lowest BCUT2D eigenvalue weighted by Crippen LogP contribution is -2.19. The first-order valence-corrected chi connectivity index (χ1v) is 10.2. The zero-order chi connectivity index (χ0) is 19.6. The van der Waals surface area contributed by atoms with E-state index in [4.69, 9.17) is 0 Å². The van der Waals surface area contributed by atoms with Gasteiger partial charge in [0.25, 0.3) is 5.56 Å². The Kier molecular flexibility index (Phi) is 5.13. The average molecular weight is 390 g/mol. The molecule has 0 aliphatic carbocycles. The van der Waals surface area contributed by atoms with E-state index in [9.17, 15) is 17.6 Å². The van der Waals surface area contributed by atoms with Crippen molar-refractivity contribution < 1.29 is 12.8 Å². The van der Waals surface area contributed by atoms with Crippen molar-refractivity contribution in [3.05, 3.63) is 65.0 Å². The van der Waals surface area contributed by atoms with Crippen molar-refractivity contribution in [2.75, 3.05) is 11.0 Å². The van der Waals surface area contributed by atoms with Crippen molar-refractivity contribution in [2.45, 2.75) is 19.9 Å². The number of hydrogen-bond donors (Lipinski definition) is 1. The summed E-state index contributed by atoms with van der Waals surface area (Å²) in [6.07, 6.45) is 5.21. The van der Waals surface area contributed by atoms with Gasteiger partial charge in [-0.1, -0.05) is 6.92 Å². The molecule has 0 unspecified atom stereocenters. The highest BCUT2D eigenvalue weighted by Gasteiger charge is 2.12. The molecule has 0 bridgehead atoms. The predicted molar refractivity (Wildman–Crippen MR) is 102 cm³/mol. The maximum absolute atomic E-state index is 14.4. The zero-order valence-electron chi connectivity index (χ0n) is 14.9. The van der Waals surface area contributed by atoms with Crippen LogP contribution in [0.4, 0.5) is 10.1 Å². The van der Waals surface area contributed by atoms with Crippen LogP contribution in [0.15, 0.2) is 53.6 Å². The van der Waals surface area contributed by atoms with Crippen molar-refractivity contribution in [3.63, 3.8) is 0 Å². The van der Waals surface area contributed by atoms with Crippen LogP contribution in [0, 0.1) is 5.82 Å². The molecule has 142 valence electrons. The summed E-state index contributed by atoms with van der Waals surface area (Å²) in [7, 11) is -3.48. The van der Waals surface area contributed by atoms with E-state index in [1.807, 2.05) is 6.92 Å². The second-order valence-corrected chi connectivity index (χ2v) is 7.88. The molecule has 7 nitrogen and oxygen atoms in total. The Morgan fingerprint density at radius 3 is 2.63 bits per heavy atom. The van der Waals surface area contributed by atoms with E-state index in [0.717, 1.165) is 18.7 Å². The molecule has 0 radical (unpaired) electrons. The van der Waals surface area contributed by atoms with Gasteiger partial charge < -0.3 is 4.57 Å². The van der Waals surface area contributed by atoms with E-state index >= 15 is 0 Å². The molecule has 2 heterocycles. The number of hydrogen-bond acceptors (Lipinski definition) is 4. The van der Waals surface area contributed by atoms with Gasteiger partial charge >= 0.3 is 0 Å². The van der Waals surface area contributed by atoms with E-state index in [1.165, 1.54) is 18.2 Å². The monoisotopic (exact) mass is 390 g/mol. The Balaban J connectivity index is 1.92. The van der Waals surface area contributed by atoms with Crippen LogP contribution in [0.25, 0.3) is 16.9 Å². The molecule has 1 N–H and O–H groups in total. The normalized spacial score (nSPS) is 11.5. The minimum absolute atomic E-state index is 0.0898. The molecule has 27 heavy (non-hydrogen) atoms. The Bertz CT molecular complexity index is 1140. The molecule has 3 aromatic rings. The van der Waals surface area contributed by atoms with Crippen LogP contribution < -0.4 is 10.3 Å². The molecule has 3 rings (SSSR count). The highest BCUT2D eigenvalue weighted by atomic mass is 32.2. The maximum atomic E-state index is 14.4. The van der Waals surface area contributed by atoms with Gasteiger partial charge in [-0.2, -0.15) is 5.10 Å². The van der Waals surface area contributed by atoms with Gasteiger partial charge in [-0.15, -0.1) is 0 Å². The van der Waals surface area contributed by atoms with Gasteiger partial charge in [0, 0.05) is 30.6 Å². The summed E-state index contributed by atoms with van der Waals surface area (Å²) in [6.45, 7) is 2.58. The maximum Gasteiger partial charge on any atom is 0.250 e. The number of aromatic nitrogens is 3. The van der Waals surface area contributed by atoms with Gasteiger partial charge in [0.05, 0.1) is 23.3 Å². The molecule has 0 atom stereocenters. The summed E-state index contributed by atoms with van der Waals surface area (Å²) < 4.78 is 42.3. The summed E-state index contributed by atoms with van der Waals surface area (Å²) in [6, 6.07) is 8.82. The Labute approximate surface area is 156 Å². The first-order chi connectivity index (χ1) is 12.8. The van der Waals surface area contributed by atoms with Crippen LogP contribution in [0.1, 0.15) is 13.3 Å². The lowest BCUT2D eigenvalue weighted by molar-refractivity contribution is 0.606. The lowest BCUT2D eigenvalue weighted by Gasteiger charge is -2.07. The molecule has 9 heteroatoms. The fourth-order valence-electron chi connectivity index (χ4n) is 2.68. The molecular formula is C18H19FN4O3S. The highest BCUT2D eigenvalue weighted by molar-refractivity contribution is 7.92. The first-order valence-electron chi connectivity index (χ1n) is 8.31. The Hall–Kier alpha value is -2.94. The highest BCUT2D eigenvalue weighted by Crippen LogP contribution is 2.25. The van der Waals surface area contributed by atoms with Gasteiger partial charge in [0.15, 0.2) is 0 Å². The van der Waals surface area contributed by atoms with Crippen LogP contribution in [0.5, 0.6) is 0 Å². The molecule has 0 fully saturated rings. The van der Waals surface area contributed by atoms with Crippen molar-refractivity contribution in [1.29, 1.82) is 0 Å². The number of aryl methyl sites for hydroxylation is 1. The number of nitrogens with zero attached hydrogens (tertiary/aromatic N) is 3. The predicted octanol–water partition coefficient (Wildman–Crippen LogP) is 2.62. The molecule has 0 spiro atoms. The quantitative estimate of drug-likeness (QED) is 0.701. The number of rotatable bonds is 6. The third-order valence-electron chi connectivity index (χ3n) is 3.83. The first kappa shape index (κ1) is 18.8. The lowest BCUT2D eigenvalue weighted by atomic mass is 10.1. The van der Waals surface area contributed by atoms with E-state index in [0.29, 0.717) is 17.9 Å². The van der Waals surface area contributed by atoms with Crippen LogP contribution in [0.3, 0.4) is 0 Å². The standard InChI is InChI=1S/C18H19FN4O3S/c1-3-9-22-12-14(5-7-18(22)24)23-10-8-17(20-23)15-6-4-13(11-16(15)19)21-27(2,25)26/h4-8,10-12,21H,3,9H2,1-2H3. The summed E-state index contributed by atoms with van der Waals surface area (Å²) in [4.78, 5) is 11.8. The Morgan fingerprint density at radius 2 is 1.96 bits per heavy atom. The van der Waals surface area contributed by atoms with Crippen molar-refractivity contribution >= 4 is 15.7 Å². The smallest absolute Gasteiger partial charge is 0.250 e. The second kappa shape index (κ2) is 7.36. The largest absolute Gasteiger partial charge is 0.313 e. The molecule has 0 aliphatic rings. The molecule has 0 amide bonds. The molecule has 2 aromatic heterocycles. The van der Waals surface area contributed by atoms with Gasteiger partial charge in [0.2, 0.25) is 10.0 Å². The number of pyridine rings is 1. The number of nitrogens with one attached hydrogen (secondary N) is 1. The van der Waals surface area contributed by atoms with Crippen LogP contribution in [-0.4, -0.2) is 29.0 Å². The van der Waals surface area contributed by atoms with Gasteiger partial charge in [0.1, 0.15) is 5.82 Å². The fourth-order valence-corrected chi connectivity index (χ4v) is 3.24. The summed E-state index contributed by atoms with van der Waals surface area (Å²) in [5, 5.41) is 4.37. The number of benzene rings is 1.